The van der Waals surface area contributed by atoms with E-state index in [1.807, 2.05) is 31.2 Å². The van der Waals surface area contributed by atoms with Crippen LogP contribution >= 0.6 is 11.3 Å². The van der Waals surface area contributed by atoms with Crippen molar-refractivity contribution in [2.24, 2.45) is 0 Å². The molecule has 0 bridgehead atoms. The Balaban J connectivity index is 1.97. The SMILES string of the molecule is COc1ccc(-c2c(C#N)c(N)[nH+]c3sc(C(=O)c4ccc(C)cc4)c(N)c23)cc1. The van der Waals surface area contributed by atoms with E-state index < -0.39 is 0 Å². The molecule has 0 aliphatic rings. The minimum absolute atomic E-state index is 0.167. The number of fused-ring (bicyclic) bond motifs is 1. The fourth-order valence-corrected chi connectivity index (χ4v) is 4.49. The molecule has 4 rings (SSSR count). The Morgan fingerprint density at radius 2 is 1.77 bits per heavy atom. The molecule has 4 aromatic rings. The number of nitriles is 1. The molecule has 0 aliphatic carbocycles. The zero-order valence-corrected chi connectivity index (χ0v) is 17.3. The van der Waals surface area contributed by atoms with Crippen molar-refractivity contribution in [2.75, 3.05) is 18.6 Å². The number of benzene rings is 2. The van der Waals surface area contributed by atoms with Gasteiger partial charge in [-0.25, -0.2) is 4.98 Å². The highest BCUT2D eigenvalue weighted by atomic mass is 32.1. The molecule has 6 nitrogen and oxygen atoms in total. The number of hydrogen-bond acceptors (Lipinski definition) is 6. The van der Waals surface area contributed by atoms with Gasteiger partial charge in [-0.1, -0.05) is 53.3 Å². The number of carbonyl (C=O) groups is 1. The number of anilines is 2. The number of ether oxygens (including phenoxy) is 1. The number of ketones is 1. The lowest BCUT2D eigenvalue weighted by Crippen LogP contribution is -2.13. The summed E-state index contributed by atoms with van der Waals surface area (Å²) in [7, 11) is 1.59. The third kappa shape index (κ3) is 3.13. The van der Waals surface area contributed by atoms with Crippen LogP contribution in [0.1, 0.15) is 26.4 Å². The monoisotopic (exact) mass is 415 g/mol. The van der Waals surface area contributed by atoms with Gasteiger partial charge in [-0.2, -0.15) is 5.26 Å². The first kappa shape index (κ1) is 19.4. The van der Waals surface area contributed by atoms with Gasteiger partial charge in [0.05, 0.1) is 18.2 Å². The summed E-state index contributed by atoms with van der Waals surface area (Å²) in [5.41, 5.74) is 16.2. The number of carbonyl (C=O) groups excluding carboxylic acids is 1. The minimum Gasteiger partial charge on any atom is -0.497 e. The molecule has 2 aromatic carbocycles. The van der Waals surface area contributed by atoms with Crippen molar-refractivity contribution in [3.63, 3.8) is 0 Å². The lowest BCUT2D eigenvalue weighted by atomic mass is 9.96. The molecule has 0 amide bonds. The second kappa shape index (κ2) is 7.50. The lowest BCUT2D eigenvalue weighted by Gasteiger charge is -2.08. The summed E-state index contributed by atoms with van der Waals surface area (Å²) in [6, 6.07) is 16.8. The van der Waals surface area contributed by atoms with Gasteiger partial charge in [0, 0.05) is 11.1 Å². The third-order valence-electron chi connectivity index (χ3n) is 4.97. The van der Waals surface area contributed by atoms with Gasteiger partial charge in [-0.15, -0.1) is 0 Å². The molecular weight excluding hydrogens is 396 g/mol. The third-order valence-corrected chi connectivity index (χ3v) is 6.09. The number of nitrogens with two attached hydrogens (primary N) is 2. The molecule has 0 unspecified atom stereocenters. The van der Waals surface area contributed by atoms with Crippen molar-refractivity contribution in [1.29, 1.82) is 5.26 Å². The molecule has 148 valence electrons. The molecule has 0 aliphatic heterocycles. The topological polar surface area (TPSA) is 116 Å². The van der Waals surface area contributed by atoms with Crippen molar-refractivity contribution >= 4 is 38.8 Å². The molecule has 2 aromatic heterocycles. The molecule has 5 N–H and O–H groups in total. The van der Waals surface area contributed by atoms with Crippen LogP contribution in [0.4, 0.5) is 11.5 Å². The van der Waals surface area contributed by atoms with E-state index in [1.165, 1.54) is 11.3 Å². The average molecular weight is 415 g/mol. The summed E-state index contributed by atoms with van der Waals surface area (Å²) in [4.78, 5) is 17.2. The van der Waals surface area contributed by atoms with Gasteiger partial charge in [0.1, 0.15) is 22.3 Å². The summed E-state index contributed by atoms with van der Waals surface area (Å²) >= 11 is 1.24. The van der Waals surface area contributed by atoms with E-state index in [2.05, 4.69) is 11.1 Å². The first-order valence-corrected chi connectivity index (χ1v) is 9.98. The van der Waals surface area contributed by atoms with Crippen molar-refractivity contribution in [3.05, 3.63) is 70.1 Å². The molecule has 0 spiro atoms. The standard InChI is InChI=1S/C23H18N4O2S/c1-12-3-5-14(6-4-12)20(28)21-19(25)18-17(13-7-9-15(29-2)10-8-13)16(11-24)22(26)27-23(18)30-21/h3-10H,25H2,1-2H3,(H2,26,27)/p+1. The average Bonchev–Trinajstić information content (AvgIpc) is 3.08. The number of aryl methyl sites for hydroxylation is 1. The number of aromatic amines is 1. The molecular formula is C23H19N4O2S+. The maximum absolute atomic E-state index is 13.1. The fraction of sp³-hybridized carbons (Fsp3) is 0.0870. The van der Waals surface area contributed by atoms with Gasteiger partial charge in [0.15, 0.2) is 4.83 Å². The maximum atomic E-state index is 13.1. The van der Waals surface area contributed by atoms with Crippen LogP contribution < -0.4 is 21.2 Å². The smallest absolute Gasteiger partial charge is 0.290 e. The highest BCUT2D eigenvalue weighted by Gasteiger charge is 2.27. The first-order chi connectivity index (χ1) is 14.4. The molecule has 2 heterocycles. The molecule has 0 saturated heterocycles. The van der Waals surface area contributed by atoms with Crippen molar-refractivity contribution in [3.8, 4) is 22.9 Å². The number of pyridine rings is 1. The van der Waals surface area contributed by atoms with Crippen molar-refractivity contribution < 1.29 is 14.5 Å². The van der Waals surface area contributed by atoms with Crippen LogP contribution in [0.2, 0.25) is 0 Å². The predicted molar refractivity (Wildman–Crippen MR) is 119 cm³/mol. The van der Waals surface area contributed by atoms with Crippen LogP contribution in [0.3, 0.4) is 0 Å². The van der Waals surface area contributed by atoms with Crippen LogP contribution in [0.25, 0.3) is 21.3 Å². The van der Waals surface area contributed by atoms with Gasteiger partial charge in [0.25, 0.3) is 5.82 Å². The minimum atomic E-state index is -0.167. The number of methoxy groups -OCH3 is 1. The van der Waals surface area contributed by atoms with Crippen LogP contribution in [-0.4, -0.2) is 12.9 Å². The fourth-order valence-electron chi connectivity index (χ4n) is 3.39. The van der Waals surface area contributed by atoms with E-state index >= 15 is 0 Å². The molecule has 30 heavy (non-hydrogen) atoms. The predicted octanol–water partition coefficient (Wildman–Crippen LogP) is 3.97. The number of H-pyrrole nitrogens is 1. The Morgan fingerprint density at radius 1 is 1.10 bits per heavy atom. The Morgan fingerprint density at radius 3 is 2.37 bits per heavy atom. The van der Waals surface area contributed by atoms with Crippen LogP contribution in [-0.2, 0) is 0 Å². The van der Waals surface area contributed by atoms with E-state index in [1.54, 1.807) is 31.4 Å². The molecule has 7 heteroatoms. The van der Waals surface area contributed by atoms with Crippen molar-refractivity contribution in [2.45, 2.75) is 6.92 Å². The molecule has 0 fully saturated rings. The molecule has 0 atom stereocenters. The number of thiophene rings is 1. The second-order valence-corrected chi connectivity index (χ2v) is 7.89. The van der Waals surface area contributed by atoms with Crippen LogP contribution in [0, 0.1) is 18.3 Å². The van der Waals surface area contributed by atoms with E-state index in [9.17, 15) is 10.1 Å². The zero-order chi connectivity index (χ0) is 21.4. The van der Waals surface area contributed by atoms with Crippen molar-refractivity contribution in [1.82, 2.24) is 0 Å². The Bertz CT molecular complexity index is 1320. The Kier molecular flexibility index (Phi) is 4.86. The summed E-state index contributed by atoms with van der Waals surface area (Å²) in [5, 5.41) is 10.4. The van der Waals surface area contributed by atoms with Gasteiger partial charge in [-0.3, -0.25) is 10.5 Å². The normalized spacial score (nSPS) is 10.7. The highest BCUT2D eigenvalue weighted by molar-refractivity contribution is 7.21. The van der Waals surface area contributed by atoms with E-state index in [0.717, 1.165) is 11.1 Å². The van der Waals surface area contributed by atoms with Gasteiger partial charge >= 0.3 is 0 Å². The summed E-state index contributed by atoms with van der Waals surface area (Å²) in [6.07, 6.45) is 0. The van der Waals surface area contributed by atoms with Gasteiger partial charge in [-0.05, 0) is 24.6 Å². The number of rotatable bonds is 4. The van der Waals surface area contributed by atoms with E-state index in [0.29, 0.717) is 37.7 Å². The second-order valence-electron chi connectivity index (χ2n) is 6.87. The maximum Gasteiger partial charge on any atom is 0.290 e. The quantitative estimate of drug-likeness (QED) is 0.489. The molecule has 0 radical (unpaired) electrons. The number of nitrogen functional groups attached to an aromatic ring is 2. The lowest BCUT2D eigenvalue weighted by molar-refractivity contribution is -0.323. The highest BCUT2D eigenvalue weighted by Crippen LogP contribution is 2.42. The van der Waals surface area contributed by atoms with Gasteiger partial charge < -0.3 is 10.5 Å². The zero-order valence-electron chi connectivity index (χ0n) is 16.4. The number of nitrogens with one attached hydrogen (secondary N) is 1. The van der Waals surface area contributed by atoms with Crippen LogP contribution in [0.15, 0.2) is 48.5 Å². The number of nitrogens with zero attached hydrogens (tertiary/aromatic N) is 1. The number of hydrogen-bond donors (Lipinski definition) is 2. The van der Waals surface area contributed by atoms with Crippen LogP contribution in [0.5, 0.6) is 5.75 Å². The van der Waals surface area contributed by atoms with E-state index in [4.69, 9.17) is 16.2 Å². The summed E-state index contributed by atoms with van der Waals surface area (Å²) in [5.74, 6) is 0.753. The Hall–Kier alpha value is -3.89. The Labute approximate surface area is 177 Å². The molecule has 0 saturated carbocycles. The first-order valence-electron chi connectivity index (χ1n) is 9.17. The number of aromatic nitrogens is 1. The summed E-state index contributed by atoms with van der Waals surface area (Å²) < 4.78 is 5.23. The van der Waals surface area contributed by atoms with Gasteiger partial charge in [0.2, 0.25) is 5.78 Å². The summed E-state index contributed by atoms with van der Waals surface area (Å²) in [6.45, 7) is 1.96. The largest absolute Gasteiger partial charge is 0.497 e. The van der Waals surface area contributed by atoms with E-state index in [-0.39, 0.29) is 17.2 Å².